The van der Waals surface area contributed by atoms with E-state index in [0.29, 0.717) is 12.8 Å². The van der Waals surface area contributed by atoms with Crippen LogP contribution in [0.15, 0.2) is 0 Å². The van der Waals surface area contributed by atoms with Gasteiger partial charge in [0.15, 0.2) is 18.9 Å². The quantitative estimate of drug-likeness (QED) is 0.0252. The number of ether oxygens (including phenoxy) is 6. The first-order valence-corrected chi connectivity index (χ1v) is 37.8. The van der Waals surface area contributed by atoms with Crippen LogP contribution in [0, 0.1) is 0 Å². The lowest BCUT2D eigenvalue weighted by Crippen LogP contribution is -2.66. The molecule has 91 heavy (non-hydrogen) atoms. The predicted molar refractivity (Wildman–Crippen MR) is 356 cm³/mol. The molecule has 0 saturated carbocycles. The number of amides is 1. The highest BCUT2D eigenvalue weighted by Crippen LogP contribution is 2.33. The Balaban J connectivity index is 1.38. The summed E-state index contributed by atoms with van der Waals surface area (Å²) in [5.41, 5.74) is 0. The summed E-state index contributed by atoms with van der Waals surface area (Å²) in [4.78, 5) is 13.5. The number of hydrogen-bond acceptors (Lipinski definition) is 18. The minimum atomic E-state index is -1.97. The highest BCUT2D eigenvalue weighted by Gasteiger charge is 2.53. The van der Waals surface area contributed by atoms with E-state index in [1.54, 1.807) is 0 Å². The molecular formula is C72H139NO18. The summed E-state index contributed by atoms with van der Waals surface area (Å²) >= 11 is 0. The van der Waals surface area contributed by atoms with Crippen molar-refractivity contribution < 1.29 is 89.4 Å². The Morgan fingerprint density at radius 1 is 0.352 bits per heavy atom. The number of rotatable bonds is 60. The van der Waals surface area contributed by atoms with Gasteiger partial charge in [0.05, 0.1) is 38.6 Å². The molecule has 0 bridgehead atoms. The molecule has 12 N–H and O–H groups in total. The van der Waals surface area contributed by atoms with Crippen LogP contribution in [-0.2, 0) is 33.2 Å². The second kappa shape index (κ2) is 54.8. The first-order valence-electron chi connectivity index (χ1n) is 37.8. The maximum Gasteiger partial charge on any atom is 0.220 e. The molecule has 1 amide bonds. The van der Waals surface area contributed by atoms with E-state index in [-0.39, 0.29) is 18.9 Å². The van der Waals surface area contributed by atoms with Crippen LogP contribution in [0.2, 0.25) is 0 Å². The van der Waals surface area contributed by atoms with Gasteiger partial charge in [0, 0.05) is 6.42 Å². The number of unbranched alkanes of at least 4 members (excludes halogenated alkanes) is 44. The Kier molecular flexibility index (Phi) is 50.6. The Morgan fingerprint density at radius 2 is 0.626 bits per heavy atom. The number of aliphatic hydroxyl groups is 11. The summed E-state index contributed by atoms with van der Waals surface area (Å²) in [5.74, 6) is -0.234. The van der Waals surface area contributed by atoms with Gasteiger partial charge in [0.2, 0.25) is 5.91 Å². The lowest BCUT2D eigenvalue weighted by Gasteiger charge is -2.48. The summed E-state index contributed by atoms with van der Waals surface area (Å²) in [6, 6.07) is -0.882. The van der Waals surface area contributed by atoms with Crippen LogP contribution in [0.25, 0.3) is 0 Å². The normalized spacial score (nSPS) is 27.8. The fraction of sp³-hybridized carbons (Fsp3) is 0.986. The maximum atomic E-state index is 13.5. The van der Waals surface area contributed by atoms with Gasteiger partial charge in [0.1, 0.15) is 73.2 Å². The van der Waals surface area contributed by atoms with Gasteiger partial charge < -0.3 is 89.9 Å². The van der Waals surface area contributed by atoms with Crippen LogP contribution < -0.4 is 5.32 Å². The molecule has 19 heteroatoms. The van der Waals surface area contributed by atoms with E-state index in [2.05, 4.69) is 19.2 Å². The topological polar surface area (TPSA) is 307 Å². The van der Waals surface area contributed by atoms with Crippen molar-refractivity contribution in [3.63, 3.8) is 0 Å². The van der Waals surface area contributed by atoms with Crippen LogP contribution in [0.5, 0.6) is 0 Å². The van der Waals surface area contributed by atoms with Crippen LogP contribution in [0.3, 0.4) is 0 Å². The molecule has 0 spiro atoms. The standard InChI is InChI=1S/C72H139NO18/c1-3-5-7-9-11-13-15-17-19-21-23-24-25-26-27-28-29-30-31-32-34-36-38-40-42-44-46-48-50-60(78)73-55(56(77)49-47-45-43-41-39-37-35-33-22-20-18-16-14-12-10-8-6-4-2)54-86-70-66(84)63(81)68(58(52-75)88-70)91-72-67(85)64(82)69(59(53-76)89-72)90-71-65(83)62(80)61(79)57(51-74)87-71/h55-59,61-72,74-77,79-85H,3-54H2,1-2H3,(H,73,78). The Bertz CT molecular complexity index is 1650. The van der Waals surface area contributed by atoms with E-state index < -0.39 is 124 Å². The van der Waals surface area contributed by atoms with Crippen LogP contribution >= 0.6 is 0 Å². The summed E-state index contributed by atoms with van der Waals surface area (Å²) in [6.45, 7) is 1.86. The first kappa shape index (κ1) is 84.0. The van der Waals surface area contributed by atoms with E-state index >= 15 is 0 Å². The summed E-state index contributed by atoms with van der Waals surface area (Å²) in [7, 11) is 0. The van der Waals surface area contributed by atoms with Gasteiger partial charge in [-0.15, -0.1) is 0 Å². The molecule has 0 aromatic heterocycles. The largest absolute Gasteiger partial charge is 0.394 e. The third kappa shape index (κ3) is 36.3. The highest BCUT2D eigenvalue weighted by molar-refractivity contribution is 5.76. The molecule has 19 nitrogen and oxygen atoms in total. The minimum Gasteiger partial charge on any atom is -0.394 e. The van der Waals surface area contributed by atoms with Crippen molar-refractivity contribution >= 4 is 5.91 Å². The van der Waals surface area contributed by atoms with Crippen LogP contribution in [-0.4, -0.2) is 193 Å². The molecule has 17 atom stereocenters. The average molecular weight is 1310 g/mol. The number of carbonyl (C=O) groups is 1. The van der Waals surface area contributed by atoms with Gasteiger partial charge in [0.25, 0.3) is 0 Å². The van der Waals surface area contributed by atoms with Crippen molar-refractivity contribution in [2.75, 3.05) is 26.4 Å². The Hall–Kier alpha value is -1.21. The fourth-order valence-corrected chi connectivity index (χ4v) is 13.3. The van der Waals surface area contributed by atoms with Gasteiger partial charge in [-0.05, 0) is 12.8 Å². The summed E-state index contributed by atoms with van der Waals surface area (Å²) < 4.78 is 34.5. The second-order valence-corrected chi connectivity index (χ2v) is 27.5. The molecule has 0 aromatic carbocycles. The Labute approximate surface area is 551 Å². The van der Waals surface area contributed by atoms with Crippen molar-refractivity contribution in [3.8, 4) is 0 Å². The minimum absolute atomic E-state index is 0.234. The third-order valence-electron chi connectivity index (χ3n) is 19.4. The van der Waals surface area contributed by atoms with Gasteiger partial charge in [-0.25, -0.2) is 0 Å². The second-order valence-electron chi connectivity index (χ2n) is 27.5. The smallest absolute Gasteiger partial charge is 0.220 e. The van der Waals surface area contributed by atoms with E-state index in [9.17, 15) is 61.0 Å². The van der Waals surface area contributed by atoms with Crippen molar-refractivity contribution in [2.24, 2.45) is 0 Å². The number of carbonyl (C=O) groups excluding carboxylic acids is 1. The van der Waals surface area contributed by atoms with Gasteiger partial charge in [-0.1, -0.05) is 303 Å². The van der Waals surface area contributed by atoms with Crippen molar-refractivity contribution in [1.29, 1.82) is 0 Å². The van der Waals surface area contributed by atoms with Crippen LogP contribution in [0.4, 0.5) is 0 Å². The maximum absolute atomic E-state index is 13.5. The zero-order chi connectivity index (χ0) is 66.1. The van der Waals surface area contributed by atoms with Crippen molar-refractivity contribution in [2.45, 2.75) is 426 Å². The van der Waals surface area contributed by atoms with Gasteiger partial charge >= 0.3 is 0 Å². The van der Waals surface area contributed by atoms with E-state index in [1.165, 1.54) is 244 Å². The molecule has 3 fully saturated rings. The average Bonchev–Trinajstić information content (AvgIpc) is 0.884. The molecule has 0 radical (unpaired) electrons. The highest BCUT2D eigenvalue weighted by atomic mass is 16.8. The molecular weight excluding hydrogens is 1170 g/mol. The van der Waals surface area contributed by atoms with Gasteiger partial charge in [-0.3, -0.25) is 4.79 Å². The zero-order valence-electron chi connectivity index (χ0n) is 57.4. The molecule has 0 aromatic rings. The summed E-state index contributed by atoms with van der Waals surface area (Å²) in [6.07, 6.45) is 33.3. The first-order chi connectivity index (χ1) is 44.3. The number of nitrogens with one attached hydrogen (secondary N) is 1. The van der Waals surface area contributed by atoms with Crippen LogP contribution in [0.1, 0.15) is 322 Å². The predicted octanol–water partition coefficient (Wildman–Crippen LogP) is 11.1. The van der Waals surface area contributed by atoms with E-state index in [1.807, 2.05) is 0 Å². The molecule has 3 aliphatic rings. The molecule has 17 unspecified atom stereocenters. The molecule has 3 rings (SSSR count). The number of hydrogen-bond donors (Lipinski definition) is 12. The molecule has 540 valence electrons. The SMILES string of the molecule is CCCCCCCCCCCCCCCCCCCCCCCCCCCCCCC(=O)NC(COC1OC(CO)C(OC2OC(CO)C(OC3OC(CO)C(O)C(O)C3O)C(O)C2O)C(O)C1O)C(O)CCCCCCCCCCCCCCCCCCCC. The summed E-state index contributed by atoms with van der Waals surface area (Å²) in [5, 5.41) is 121. The third-order valence-corrected chi connectivity index (χ3v) is 19.4. The number of aliphatic hydroxyl groups excluding tert-OH is 11. The van der Waals surface area contributed by atoms with E-state index in [4.69, 9.17) is 28.4 Å². The molecule has 3 heterocycles. The van der Waals surface area contributed by atoms with Crippen molar-refractivity contribution in [3.05, 3.63) is 0 Å². The lowest BCUT2D eigenvalue weighted by molar-refractivity contribution is -0.379. The van der Waals surface area contributed by atoms with Crippen molar-refractivity contribution in [1.82, 2.24) is 5.32 Å². The molecule has 0 aliphatic carbocycles. The lowest BCUT2D eigenvalue weighted by atomic mass is 9.96. The van der Waals surface area contributed by atoms with E-state index in [0.717, 1.165) is 44.9 Å². The monoisotopic (exact) mass is 1310 g/mol. The zero-order valence-corrected chi connectivity index (χ0v) is 57.4. The molecule has 3 aliphatic heterocycles. The Morgan fingerprint density at radius 3 is 0.956 bits per heavy atom. The molecule has 3 saturated heterocycles. The van der Waals surface area contributed by atoms with Gasteiger partial charge in [-0.2, -0.15) is 0 Å². The fourth-order valence-electron chi connectivity index (χ4n) is 13.3.